The number of piperidine rings is 1. The molecule has 27 heavy (non-hydrogen) atoms. The third-order valence-electron chi connectivity index (χ3n) is 4.73. The van der Waals surface area contributed by atoms with Crippen molar-refractivity contribution >= 4 is 27.5 Å². The molecule has 8 heteroatoms. The Morgan fingerprint density at radius 1 is 1.26 bits per heavy atom. The molecule has 2 aromatic rings. The van der Waals surface area contributed by atoms with Crippen LogP contribution in [0.5, 0.6) is 0 Å². The van der Waals surface area contributed by atoms with Crippen LogP contribution in [0.1, 0.15) is 35.7 Å². The zero-order valence-electron chi connectivity index (χ0n) is 15.3. The van der Waals surface area contributed by atoms with E-state index in [1.807, 2.05) is 4.90 Å². The minimum Gasteiger partial charge on any atom is -0.478 e. The molecule has 0 amide bonds. The van der Waals surface area contributed by atoms with Gasteiger partial charge in [0.15, 0.2) is 0 Å². The van der Waals surface area contributed by atoms with Crippen molar-refractivity contribution in [2.45, 2.75) is 31.6 Å². The maximum atomic E-state index is 12.6. The lowest BCUT2D eigenvalue weighted by atomic mass is 9.99. The zero-order valence-corrected chi connectivity index (χ0v) is 16.2. The summed E-state index contributed by atoms with van der Waals surface area (Å²) in [5, 5.41) is 9.58. The molecule has 1 aromatic carbocycles. The first kappa shape index (κ1) is 19.2. The lowest BCUT2D eigenvalue weighted by Gasteiger charge is -2.32. The fraction of sp³-hybridized carbons (Fsp3) is 0.368. The van der Waals surface area contributed by atoms with Crippen molar-refractivity contribution in [2.24, 2.45) is 5.92 Å². The van der Waals surface area contributed by atoms with Crippen LogP contribution in [-0.4, -0.2) is 37.6 Å². The number of rotatable bonds is 5. The van der Waals surface area contributed by atoms with E-state index in [-0.39, 0.29) is 16.1 Å². The van der Waals surface area contributed by atoms with E-state index >= 15 is 0 Å². The molecular formula is C19H23N3O4S. The molecule has 1 aliphatic heterocycles. The third kappa shape index (κ3) is 4.39. The van der Waals surface area contributed by atoms with Gasteiger partial charge >= 0.3 is 5.97 Å². The van der Waals surface area contributed by atoms with Crippen molar-refractivity contribution in [3.05, 3.63) is 47.7 Å². The Labute approximate surface area is 159 Å². The monoisotopic (exact) mass is 389 g/mol. The van der Waals surface area contributed by atoms with Gasteiger partial charge in [-0.1, -0.05) is 19.1 Å². The molecule has 144 valence electrons. The van der Waals surface area contributed by atoms with Crippen LogP contribution in [0.25, 0.3) is 0 Å². The summed E-state index contributed by atoms with van der Waals surface area (Å²) in [6.07, 6.45) is 3.32. The van der Waals surface area contributed by atoms with Crippen molar-refractivity contribution in [3.8, 4) is 0 Å². The number of carboxylic acid groups (broad SMARTS) is 1. The van der Waals surface area contributed by atoms with E-state index in [0.29, 0.717) is 11.7 Å². The number of hydrogen-bond acceptors (Lipinski definition) is 5. The van der Waals surface area contributed by atoms with Gasteiger partial charge < -0.3 is 10.0 Å². The van der Waals surface area contributed by atoms with Crippen molar-refractivity contribution in [1.82, 2.24) is 4.98 Å². The summed E-state index contributed by atoms with van der Waals surface area (Å²) >= 11 is 0. The number of aromatic nitrogens is 1. The Kier molecular flexibility index (Phi) is 5.36. The summed E-state index contributed by atoms with van der Waals surface area (Å²) < 4.78 is 27.5. The number of nitrogens with one attached hydrogen (secondary N) is 1. The van der Waals surface area contributed by atoms with Gasteiger partial charge in [0, 0.05) is 13.1 Å². The number of carboxylic acids is 1. The summed E-state index contributed by atoms with van der Waals surface area (Å²) in [4.78, 5) is 18.0. The fourth-order valence-corrected chi connectivity index (χ4v) is 4.28. The molecule has 0 radical (unpaired) electrons. The molecule has 0 spiro atoms. The molecule has 0 aliphatic carbocycles. The van der Waals surface area contributed by atoms with Crippen molar-refractivity contribution in [3.63, 3.8) is 0 Å². The number of hydrogen-bond donors (Lipinski definition) is 2. The third-order valence-corrected chi connectivity index (χ3v) is 6.11. The van der Waals surface area contributed by atoms with Crippen LogP contribution in [0.2, 0.25) is 0 Å². The van der Waals surface area contributed by atoms with Crippen LogP contribution < -0.4 is 9.62 Å². The summed E-state index contributed by atoms with van der Waals surface area (Å²) in [6.45, 7) is 5.45. The highest BCUT2D eigenvalue weighted by Crippen LogP contribution is 2.27. The molecular weight excluding hydrogens is 366 g/mol. The van der Waals surface area contributed by atoms with E-state index in [4.69, 9.17) is 0 Å². The molecule has 1 saturated heterocycles. The van der Waals surface area contributed by atoms with E-state index < -0.39 is 16.0 Å². The van der Waals surface area contributed by atoms with Crippen LogP contribution in [0.4, 0.5) is 11.5 Å². The quantitative estimate of drug-likeness (QED) is 0.815. The number of aryl methyl sites for hydroxylation is 1. The highest BCUT2D eigenvalue weighted by molar-refractivity contribution is 7.92. The van der Waals surface area contributed by atoms with Crippen LogP contribution in [-0.2, 0) is 10.0 Å². The second-order valence-electron chi connectivity index (χ2n) is 6.99. The molecule has 0 unspecified atom stereocenters. The second kappa shape index (κ2) is 7.56. The van der Waals surface area contributed by atoms with Gasteiger partial charge in [-0.3, -0.25) is 4.72 Å². The molecule has 0 atom stereocenters. The Hall–Kier alpha value is -2.61. The van der Waals surface area contributed by atoms with E-state index in [9.17, 15) is 18.3 Å². The molecule has 1 aliphatic rings. The maximum Gasteiger partial charge on any atom is 0.339 e. The number of anilines is 2. The van der Waals surface area contributed by atoms with Crippen molar-refractivity contribution in [2.75, 3.05) is 22.7 Å². The van der Waals surface area contributed by atoms with Crippen LogP contribution in [0.15, 0.2) is 41.4 Å². The summed E-state index contributed by atoms with van der Waals surface area (Å²) in [6, 6.07) is 7.83. The highest BCUT2D eigenvalue weighted by Gasteiger charge is 2.23. The van der Waals surface area contributed by atoms with Crippen LogP contribution in [0, 0.1) is 12.8 Å². The van der Waals surface area contributed by atoms with Crippen molar-refractivity contribution in [1.29, 1.82) is 0 Å². The number of benzene rings is 1. The lowest BCUT2D eigenvalue weighted by Crippen LogP contribution is -2.34. The average Bonchev–Trinajstić information content (AvgIpc) is 2.62. The Bertz CT molecular complexity index is 951. The SMILES string of the molecule is Cc1cccc(S(=O)(=O)Nc2cnc(N3CCC(C)CC3)c(C(=O)O)c2)c1. The smallest absolute Gasteiger partial charge is 0.339 e. The van der Waals surface area contributed by atoms with Gasteiger partial charge in [-0.2, -0.15) is 0 Å². The Balaban J connectivity index is 1.89. The van der Waals surface area contributed by atoms with Gasteiger partial charge in [0.25, 0.3) is 10.0 Å². The number of carbonyl (C=O) groups is 1. The number of nitrogens with zero attached hydrogens (tertiary/aromatic N) is 2. The molecule has 1 fully saturated rings. The van der Waals surface area contributed by atoms with Crippen molar-refractivity contribution < 1.29 is 18.3 Å². The van der Waals surface area contributed by atoms with Gasteiger partial charge in [0.05, 0.1) is 16.8 Å². The molecule has 3 rings (SSSR count). The first-order chi connectivity index (χ1) is 12.8. The Morgan fingerprint density at radius 3 is 2.59 bits per heavy atom. The van der Waals surface area contributed by atoms with E-state index in [2.05, 4.69) is 16.6 Å². The fourth-order valence-electron chi connectivity index (χ4n) is 3.14. The summed E-state index contributed by atoms with van der Waals surface area (Å²) in [5.74, 6) is -0.143. The number of aromatic carboxylic acids is 1. The average molecular weight is 389 g/mol. The molecule has 7 nitrogen and oxygen atoms in total. The molecule has 0 saturated carbocycles. The number of pyridine rings is 1. The lowest BCUT2D eigenvalue weighted by molar-refractivity contribution is 0.0697. The topological polar surface area (TPSA) is 99.6 Å². The van der Waals surface area contributed by atoms with E-state index in [0.717, 1.165) is 31.5 Å². The first-order valence-electron chi connectivity index (χ1n) is 8.84. The van der Waals surface area contributed by atoms with E-state index in [1.165, 1.54) is 18.3 Å². The summed E-state index contributed by atoms with van der Waals surface area (Å²) in [5.41, 5.74) is 0.939. The molecule has 0 bridgehead atoms. The normalized spacial score (nSPS) is 15.6. The summed E-state index contributed by atoms with van der Waals surface area (Å²) in [7, 11) is -3.82. The predicted molar refractivity (Wildman–Crippen MR) is 104 cm³/mol. The largest absolute Gasteiger partial charge is 0.478 e. The van der Waals surface area contributed by atoms with Crippen LogP contribution >= 0.6 is 0 Å². The van der Waals surface area contributed by atoms with Gasteiger partial charge in [0.1, 0.15) is 11.4 Å². The molecule has 2 N–H and O–H groups in total. The van der Waals surface area contributed by atoms with Crippen LogP contribution in [0.3, 0.4) is 0 Å². The molecule has 2 heterocycles. The first-order valence-corrected chi connectivity index (χ1v) is 10.3. The van der Waals surface area contributed by atoms with Gasteiger partial charge in [-0.05, 0) is 49.4 Å². The minimum absolute atomic E-state index is 0.00556. The second-order valence-corrected chi connectivity index (χ2v) is 8.67. The molecule has 1 aromatic heterocycles. The van der Waals surface area contributed by atoms with E-state index in [1.54, 1.807) is 25.1 Å². The Morgan fingerprint density at radius 2 is 1.96 bits per heavy atom. The van der Waals surface area contributed by atoms with Gasteiger partial charge in [-0.15, -0.1) is 0 Å². The minimum atomic E-state index is -3.82. The standard InChI is InChI=1S/C19H23N3O4S/c1-13-6-8-22(9-7-13)18-17(19(23)24)11-15(12-20-18)21-27(25,26)16-5-3-4-14(2)10-16/h3-5,10-13,21H,6-9H2,1-2H3,(H,23,24). The maximum absolute atomic E-state index is 12.6. The zero-order chi connectivity index (χ0) is 19.6. The number of sulfonamides is 1. The predicted octanol–water partition coefficient (Wildman–Crippen LogP) is 3.13. The van der Waals surface area contributed by atoms with Gasteiger partial charge in [-0.25, -0.2) is 18.2 Å². The highest BCUT2D eigenvalue weighted by atomic mass is 32.2. The van der Waals surface area contributed by atoms with Gasteiger partial charge in [0.2, 0.25) is 0 Å².